The van der Waals surface area contributed by atoms with E-state index in [2.05, 4.69) is 17.2 Å². The van der Waals surface area contributed by atoms with E-state index in [-0.39, 0.29) is 6.04 Å². The second-order valence-corrected chi connectivity index (χ2v) is 7.14. The first-order valence-electron chi connectivity index (χ1n) is 9.40. The molecule has 0 aliphatic carbocycles. The number of nitrogens with one attached hydrogen (secondary N) is 1. The number of nitrogens with two attached hydrogens (primary N) is 1. The Morgan fingerprint density at radius 1 is 1.26 bits per heavy atom. The van der Waals surface area contributed by atoms with Crippen molar-refractivity contribution >= 4 is 23.3 Å². The van der Waals surface area contributed by atoms with E-state index in [0.717, 1.165) is 24.0 Å². The lowest BCUT2D eigenvalue weighted by atomic mass is 9.90. The van der Waals surface area contributed by atoms with Gasteiger partial charge in [0.05, 0.1) is 17.9 Å². The summed E-state index contributed by atoms with van der Waals surface area (Å²) in [5.74, 6) is -0.341. The zero-order chi connectivity index (χ0) is 19.4. The Kier molecular flexibility index (Phi) is 5.74. The number of aromatic nitrogens is 1. The van der Waals surface area contributed by atoms with E-state index in [9.17, 15) is 9.59 Å². The summed E-state index contributed by atoms with van der Waals surface area (Å²) in [6, 6.07) is 11.6. The minimum absolute atomic E-state index is 0.0728. The van der Waals surface area contributed by atoms with Gasteiger partial charge in [0.1, 0.15) is 5.82 Å². The van der Waals surface area contributed by atoms with Crippen molar-refractivity contribution in [1.29, 1.82) is 0 Å². The van der Waals surface area contributed by atoms with E-state index in [4.69, 9.17) is 5.73 Å². The number of nitrogens with zero attached hydrogens (tertiary/aromatic N) is 2. The Hall–Kier alpha value is -2.89. The SMILES string of the molecule is CCc1cc(NC(=O)C(=O)N2C[C@@H](C)CCC2c2ccccc2)cnc1N. The van der Waals surface area contributed by atoms with Gasteiger partial charge in [0.25, 0.3) is 0 Å². The molecule has 2 amide bonds. The molecule has 27 heavy (non-hydrogen) atoms. The normalized spacial score (nSPS) is 19.6. The summed E-state index contributed by atoms with van der Waals surface area (Å²) in [7, 11) is 0. The molecule has 1 unspecified atom stereocenters. The molecule has 0 spiro atoms. The summed E-state index contributed by atoms with van der Waals surface area (Å²) in [6.45, 7) is 4.65. The molecule has 1 aliphatic heterocycles. The standard InChI is InChI=1S/C21H26N4O2/c1-3-15-11-17(12-23-19(15)22)24-20(26)21(27)25-13-14(2)9-10-18(25)16-7-5-4-6-8-16/h4-8,11-12,14,18H,3,9-10,13H2,1-2H3,(H2,22,23)(H,24,26)/t14-,18?/m0/s1. The van der Waals surface area contributed by atoms with Crippen molar-refractivity contribution in [3.8, 4) is 0 Å². The fourth-order valence-corrected chi connectivity index (χ4v) is 3.59. The molecule has 3 rings (SSSR count). The van der Waals surface area contributed by atoms with Gasteiger partial charge in [-0.05, 0) is 42.4 Å². The third-order valence-corrected chi connectivity index (χ3v) is 5.10. The van der Waals surface area contributed by atoms with Crippen LogP contribution >= 0.6 is 0 Å². The van der Waals surface area contributed by atoms with Crippen LogP contribution in [0.2, 0.25) is 0 Å². The lowest BCUT2D eigenvalue weighted by molar-refractivity contribution is -0.146. The zero-order valence-corrected chi connectivity index (χ0v) is 15.8. The molecule has 1 fully saturated rings. The maximum Gasteiger partial charge on any atom is 0.313 e. The number of pyridine rings is 1. The molecule has 2 atom stereocenters. The molecule has 2 heterocycles. The van der Waals surface area contributed by atoms with Crippen molar-refractivity contribution in [2.75, 3.05) is 17.6 Å². The Balaban J connectivity index is 1.78. The van der Waals surface area contributed by atoms with E-state index >= 15 is 0 Å². The summed E-state index contributed by atoms with van der Waals surface area (Å²) in [5.41, 5.74) is 8.20. The highest BCUT2D eigenvalue weighted by atomic mass is 16.2. The van der Waals surface area contributed by atoms with Crippen molar-refractivity contribution in [3.63, 3.8) is 0 Å². The third-order valence-electron chi connectivity index (χ3n) is 5.10. The predicted octanol–water partition coefficient (Wildman–Crippen LogP) is 3.16. The molecule has 0 bridgehead atoms. The van der Waals surface area contributed by atoms with Crippen molar-refractivity contribution in [1.82, 2.24) is 9.88 Å². The van der Waals surface area contributed by atoms with Gasteiger partial charge >= 0.3 is 11.8 Å². The van der Waals surface area contributed by atoms with Gasteiger partial charge in [0.2, 0.25) is 0 Å². The van der Waals surface area contributed by atoms with Crippen LogP contribution in [0, 0.1) is 5.92 Å². The molecule has 1 aromatic heterocycles. The topological polar surface area (TPSA) is 88.3 Å². The van der Waals surface area contributed by atoms with Crippen molar-refractivity contribution in [2.45, 2.75) is 39.2 Å². The van der Waals surface area contributed by atoms with E-state index < -0.39 is 11.8 Å². The molecule has 3 N–H and O–H groups in total. The van der Waals surface area contributed by atoms with Gasteiger partial charge in [-0.1, -0.05) is 44.2 Å². The Morgan fingerprint density at radius 2 is 2.00 bits per heavy atom. The average molecular weight is 366 g/mol. The summed E-state index contributed by atoms with van der Waals surface area (Å²) in [6.07, 6.45) is 4.07. The number of amides is 2. The Morgan fingerprint density at radius 3 is 2.70 bits per heavy atom. The molecular formula is C21H26N4O2. The Bertz CT molecular complexity index is 822. The smallest absolute Gasteiger partial charge is 0.313 e. The molecule has 1 aromatic carbocycles. The number of nitrogen functional groups attached to an aromatic ring is 1. The van der Waals surface area contributed by atoms with E-state index in [1.54, 1.807) is 11.0 Å². The number of anilines is 2. The van der Waals surface area contributed by atoms with E-state index in [1.807, 2.05) is 37.3 Å². The first kappa shape index (κ1) is 18.9. The first-order chi connectivity index (χ1) is 13.0. The molecule has 1 saturated heterocycles. The van der Waals surface area contributed by atoms with E-state index in [0.29, 0.717) is 30.4 Å². The summed E-state index contributed by atoms with van der Waals surface area (Å²) in [5, 5.41) is 2.68. The highest BCUT2D eigenvalue weighted by Crippen LogP contribution is 2.33. The van der Waals surface area contributed by atoms with Crippen LogP contribution in [0.5, 0.6) is 0 Å². The number of hydrogen-bond donors (Lipinski definition) is 2. The number of piperidine rings is 1. The van der Waals surface area contributed by atoms with Crippen LogP contribution in [0.1, 0.15) is 43.9 Å². The Labute approximate surface area is 159 Å². The maximum absolute atomic E-state index is 12.9. The van der Waals surface area contributed by atoms with Crippen LogP contribution in [0.4, 0.5) is 11.5 Å². The second kappa shape index (κ2) is 8.20. The zero-order valence-electron chi connectivity index (χ0n) is 15.8. The third kappa shape index (κ3) is 4.27. The number of benzene rings is 1. The highest BCUT2D eigenvalue weighted by molar-refractivity contribution is 6.39. The number of rotatable bonds is 3. The van der Waals surface area contributed by atoms with Gasteiger partial charge in [-0.2, -0.15) is 0 Å². The van der Waals surface area contributed by atoms with Gasteiger partial charge < -0.3 is 16.0 Å². The summed E-state index contributed by atoms with van der Waals surface area (Å²) >= 11 is 0. The minimum Gasteiger partial charge on any atom is -0.383 e. The summed E-state index contributed by atoms with van der Waals surface area (Å²) in [4.78, 5) is 31.3. The monoisotopic (exact) mass is 366 g/mol. The molecule has 2 aromatic rings. The molecule has 1 aliphatic rings. The maximum atomic E-state index is 12.9. The second-order valence-electron chi connectivity index (χ2n) is 7.14. The molecule has 142 valence electrons. The van der Waals surface area contributed by atoms with Gasteiger partial charge in [0.15, 0.2) is 0 Å². The number of aryl methyl sites for hydroxylation is 1. The van der Waals surface area contributed by atoms with Crippen LogP contribution in [0.25, 0.3) is 0 Å². The average Bonchev–Trinajstić information content (AvgIpc) is 2.69. The first-order valence-corrected chi connectivity index (χ1v) is 9.40. The van der Waals surface area contributed by atoms with E-state index in [1.165, 1.54) is 6.20 Å². The lowest BCUT2D eigenvalue weighted by Gasteiger charge is -2.38. The van der Waals surface area contributed by atoms with Crippen LogP contribution < -0.4 is 11.1 Å². The highest BCUT2D eigenvalue weighted by Gasteiger charge is 2.34. The van der Waals surface area contributed by atoms with Crippen LogP contribution in [-0.4, -0.2) is 28.2 Å². The molecule has 0 radical (unpaired) electrons. The minimum atomic E-state index is -0.640. The van der Waals surface area contributed by atoms with Crippen LogP contribution in [-0.2, 0) is 16.0 Å². The van der Waals surface area contributed by atoms with Gasteiger partial charge in [0, 0.05) is 6.54 Å². The predicted molar refractivity (Wildman–Crippen MR) is 106 cm³/mol. The number of carbonyl (C=O) groups excluding carboxylic acids is 2. The quantitative estimate of drug-likeness (QED) is 0.817. The summed E-state index contributed by atoms with van der Waals surface area (Å²) < 4.78 is 0. The van der Waals surface area contributed by atoms with Gasteiger partial charge in [-0.15, -0.1) is 0 Å². The molecule has 6 nitrogen and oxygen atoms in total. The number of carbonyl (C=O) groups is 2. The van der Waals surface area contributed by atoms with Crippen molar-refractivity contribution in [2.24, 2.45) is 5.92 Å². The number of hydrogen-bond acceptors (Lipinski definition) is 4. The fraction of sp³-hybridized carbons (Fsp3) is 0.381. The molecular weight excluding hydrogens is 340 g/mol. The van der Waals surface area contributed by atoms with Gasteiger partial charge in [-0.3, -0.25) is 9.59 Å². The van der Waals surface area contributed by atoms with Gasteiger partial charge in [-0.25, -0.2) is 4.98 Å². The van der Waals surface area contributed by atoms with Crippen LogP contribution in [0.3, 0.4) is 0 Å². The van der Waals surface area contributed by atoms with Crippen molar-refractivity contribution < 1.29 is 9.59 Å². The number of likely N-dealkylation sites (tertiary alicyclic amines) is 1. The fourth-order valence-electron chi connectivity index (χ4n) is 3.59. The van der Waals surface area contributed by atoms with Crippen LogP contribution in [0.15, 0.2) is 42.6 Å². The molecule has 6 heteroatoms. The van der Waals surface area contributed by atoms with Crippen molar-refractivity contribution in [3.05, 3.63) is 53.7 Å². The molecule has 0 saturated carbocycles. The lowest BCUT2D eigenvalue weighted by Crippen LogP contribution is -2.46. The largest absolute Gasteiger partial charge is 0.383 e.